The fourth-order valence-corrected chi connectivity index (χ4v) is 1.77. The first-order valence-electron chi connectivity index (χ1n) is 5.32. The fourth-order valence-electron chi connectivity index (χ4n) is 1.50. The van der Waals surface area contributed by atoms with Crippen molar-refractivity contribution in [3.63, 3.8) is 0 Å². The highest BCUT2D eigenvalue weighted by atomic mass is 79.9. The van der Waals surface area contributed by atoms with Gasteiger partial charge in [-0.2, -0.15) is 13.2 Å². The number of alkyl halides is 3. The lowest BCUT2D eigenvalue weighted by Gasteiger charge is -2.19. The maximum absolute atomic E-state index is 12.9. The second-order valence-electron chi connectivity index (χ2n) is 3.65. The lowest BCUT2D eigenvalue weighted by Crippen LogP contribution is -2.24. The van der Waals surface area contributed by atoms with Crippen LogP contribution in [0, 0.1) is 0 Å². The van der Waals surface area contributed by atoms with Crippen LogP contribution in [-0.4, -0.2) is 18.8 Å². The average Bonchev–Trinajstić information content (AvgIpc) is 2.26. The summed E-state index contributed by atoms with van der Waals surface area (Å²) < 4.78 is 43.9. The Morgan fingerprint density at radius 1 is 1.33 bits per heavy atom. The van der Waals surface area contributed by atoms with Crippen molar-refractivity contribution in [3.8, 4) is 0 Å². The maximum atomic E-state index is 12.9. The third-order valence-corrected chi connectivity index (χ3v) is 2.87. The summed E-state index contributed by atoms with van der Waals surface area (Å²) in [4.78, 5) is 11.2. The number of ether oxygens (including phenoxy) is 1. The van der Waals surface area contributed by atoms with Crippen LogP contribution in [0.4, 0.5) is 13.2 Å². The molecule has 0 aliphatic carbocycles. The van der Waals surface area contributed by atoms with E-state index in [1.165, 1.54) is 24.3 Å². The quantitative estimate of drug-likeness (QED) is 0.781. The Morgan fingerprint density at radius 3 is 2.33 bits per heavy atom. The van der Waals surface area contributed by atoms with Gasteiger partial charge >= 0.3 is 12.1 Å². The minimum absolute atomic E-state index is 0.0544. The number of halogens is 4. The molecule has 1 aromatic rings. The zero-order chi connectivity index (χ0) is 13.8. The molecule has 0 saturated heterocycles. The second kappa shape index (κ2) is 6.22. The molecule has 6 heteroatoms. The van der Waals surface area contributed by atoms with Gasteiger partial charge in [0.25, 0.3) is 0 Å². The normalized spacial score (nSPS) is 13.2. The Labute approximate surface area is 111 Å². The molecule has 0 N–H and O–H groups in total. The molecule has 0 aliphatic heterocycles. The van der Waals surface area contributed by atoms with E-state index in [-0.39, 0.29) is 12.2 Å². The van der Waals surface area contributed by atoms with Crippen LogP contribution in [-0.2, 0) is 9.53 Å². The van der Waals surface area contributed by atoms with E-state index in [0.717, 1.165) is 0 Å². The maximum Gasteiger partial charge on any atom is 0.396 e. The predicted molar refractivity (Wildman–Crippen MR) is 64.2 cm³/mol. The monoisotopic (exact) mass is 324 g/mol. The van der Waals surface area contributed by atoms with E-state index in [9.17, 15) is 18.0 Å². The Kier molecular flexibility index (Phi) is 5.19. The van der Waals surface area contributed by atoms with Crippen molar-refractivity contribution in [3.05, 3.63) is 34.3 Å². The summed E-state index contributed by atoms with van der Waals surface area (Å²) in [6, 6.07) is 5.72. The van der Waals surface area contributed by atoms with Crippen LogP contribution >= 0.6 is 15.9 Å². The summed E-state index contributed by atoms with van der Waals surface area (Å²) in [7, 11) is 0. The van der Waals surface area contributed by atoms with Crippen molar-refractivity contribution in [1.29, 1.82) is 0 Å². The number of carbonyl (C=O) groups is 1. The van der Waals surface area contributed by atoms with E-state index < -0.39 is 24.5 Å². The lowest BCUT2D eigenvalue weighted by atomic mass is 9.95. The van der Waals surface area contributed by atoms with Crippen molar-refractivity contribution in [2.45, 2.75) is 25.4 Å². The van der Waals surface area contributed by atoms with Gasteiger partial charge in [-0.1, -0.05) is 28.1 Å². The van der Waals surface area contributed by atoms with Crippen molar-refractivity contribution < 1.29 is 22.7 Å². The molecule has 18 heavy (non-hydrogen) atoms. The summed E-state index contributed by atoms with van der Waals surface area (Å²) in [5.41, 5.74) is 0.0544. The van der Waals surface area contributed by atoms with E-state index in [1.807, 2.05) is 0 Å². The molecule has 2 nitrogen and oxygen atoms in total. The zero-order valence-corrected chi connectivity index (χ0v) is 11.2. The van der Waals surface area contributed by atoms with Gasteiger partial charge in [-0.05, 0) is 24.6 Å². The van der Waals surface area contributed by atoms with Crippen LogP contribution in [0.5, 0.6) is 0 Å². The van der Waals surface area contributed by atoms with Crippen LogP contribution in [0.25, 0.3) is 0 Å². The van der Waals surface area contributed by atoms with Gasteiger partial charge in [-0.15, -0.1) is 0 Å². The lowest BCUT2D eigenvalue weighted by molar-refractivity contribution is -0.166. The average molecular weight is 325 g/mol. The van der Waals surface area contributed by atoms with Crippen molar-refractivity contribution in [2.75, 3.05) is 6.61 Å². The first-order chi connectivity index (χ1) is 8.34. The predicted octanol–water partition coefficient (Wildman–Crippen LogP) is 4.05. The number of carbonyl (C=O) groups excluding carboxylic acids is 1. The van der Waals surface area contributed by atoms with Crippen molar-refractivity contribution in [2.24, 2.45) is 0 Å². The van der Waals surface area contributed by atoms with E-state index in [4.69, 9.17) is 0 Å². The number of esters is 1. The minimum atomic E-state index is -4.47. The van der Waals surface area contributed by atoms with Crippen LogP contribution < -0.4 is 0 Å². The highest BCUT2D eigenvalue weighted by Crippen LogP contribution is 2.37. The van der Waals surface area contributed by atoms with Crippen molar-refractivity contribution in [1.82, 2.24) is 0 Å². The first-order valence-corrected chi connectivity index (χ1v) is 6.11. The summed E-state index contributed by atoms with van der Waals surface area (Å²) in [6.45, 7) is 1.63. The highest BCUT2D eigenvalue weighted by molar-refractivity contribution is 9.10. The molecule has 0 radical (unpaired) electrons. The molecule has 1 unspecified atom stereocenters. The Balaban J connectivity index is 2.92. The SMILES string of the molecule is CCOC(=O)CC(c1ccc(Br)cc1)C(F)(F)F. The third-order valence-electron chi connectivity index (χ3n) is 2.34. The molecule has 0 amide bonds. The van der Waals surface area contributed by atoms with Gasteiger partial charge in [0.05, 0.1) is 18.9 Å². The van der Waals surface area contributed by atoms with Crippen molar-refractivity contribution >= 4 is 21.9 Å². The summed E-state index contributed by atoms with van der Waals surface area (Å²) in [6.07, 6.45) is -5.17. The Bertz CT molecular complexity index is 401. The van der Waals surface area contributed by atoms with Gasteiger partial charge in [0.15, 0.2) is 0 Å². The van der Waals surface area contributed by atoms with E-state index in [2.05, 4.69) is 20.7 Å². The molecule has 0 aromatic heterocycles. The number of hydrogen-bond acceptors (Lipinski definition) is 2. The van der Waals surface area contributed by atoms with E-state index in [1.54, 1.807) is 6.92 Å². The molecule has 0 spiro atoms. The third kappa shape index (κ3) is 4.33. The van der Waals surface area contributed by atoms with Crippen LogP contribution in [0.3, 0.4) is 0 Å². The van der Waals surface area contributed by atoms with Gasteiger partial charge < -0.3 is 4.74 Å². The first kappa shape index (κ1) is 15.0. The van der Waals surface area contributed by atoms with Gasteiger partial charge in [0.1, 0.15) is 0 Å². The molecule has 0 bridgehead atoms. The smallest absolute Gasteiger partial charge is 0.396 e. The summed E-state index contributed by atoms with van der Waals surface area (Å²) in [5.74, 6) is -2.67. The molecular weight excluding hydrogens is 313 g/mol. The number of benzene rings is 1. The number of rotatable bonds is 4. The van der Waals surface area contributed by atoms with Gasteiger partial charge in [0.2, 0.25) is 0 Å². The summed E-state index contributed by atoms with van der Waals surface area (Å²) >= 11 is 3.15. The Morgan fingerprint density at radius 2 is 1.89 bits per heavy atom. The molecule has 1 rings (SSSR count). The van der Waals surface area contributed by atoms with Gasteiger partial charge in [-0.25, -0.2) is 0 Å². The van der Waals surface area contributed by atoms with Crippen LogP contribution in [0.2, 0.25) is 0 Å². The standard InChI is InChI=1S/C12H12BrF3O2/c1-2-18-11(17)7-10(12(14,15)16)8-3-5-9(13)6-4-8/h3-6,10H,2,7H2,1H3. The van der Waals surface area contributed by atoms with Gasteiger partial charge in [-0.3, -0.25) is 4.79 Å². The largest absolute Gasteiger partial charge is 0.466 e. The molecule has 0 saturated carbocycles. The molecule has 1 aromatic carbocycles. The zero-order valence-electron chi connectivity index (χ0n) is 9.63. The summed E-state index contributed by atoms with van der Waals surface area (Å²) in [5, 5.41) is 0. The molecule has 0 aliphatic rings. The molecule has 0 fully saturated rings. The molecule has 100 valence electrons. The topological polar surface area (TPSA) is 26.3 Å². The highest BCUT2D eigenvalue weighted by Gasteiger charge is 2.42. The second-order valence-corrected chi connectivity index (χ2v) is 4.57. The van der Waals surface area contributed by atoms with Crippen LogP contribution in [0.15, 0.2) is 28.7 Å². The van der Waals surface area contributed by atoms with Gasteiger partial charge in [0, 0.05) is 4.47 Å². The number of hydrogen-bond donors (Lipinski definition) is 0. The Hall–Kier alpha value is -1.04. The fraction of sp³-hybridized carbons (Fsp3) is 0.417. The van der Waals surface area contributed by atoms with E-state index >= 15 is 0 Å². The minimum Gasteiger partial charge on any atom is -0.466 e. The van der Waals surface area contributed by atoms with E-state index in [0.29, 0.717) is 4.47 Å². The molecule has 1 atom stereocenters. The molecular formula is C12H12BrF3O2. The van der Waals surface area contributed by atoms with Crippen LogP contribution in [0.1, 0.15) is 24.8 Å². The molecule has 0 heterocycles.